The lowest BCUT2D eigenvalue weighted by Gasteiger charge is -2.21. The van der Waals surface area contributed by atoms with Crippen LogP contribution in [0.2, 0.25) is 0 Å². The van der Waals surface area contributed by atoms with E-state index in [4.69, 9.17) is 0 Å². The Bertz CT molecular complexity index is 475. The molecule has 0 saturated carbocycles. The van der Waals surface area contributed by atoms with Gasteiger partial charge in [-0.05, 0) is 31.5 Å². The van der Waals surface area contributed by atoms with E-state index in [-0.39, 0.29) is 24.0 Å². The highest BCUT2D eigenvalue weighted by atomic mass is 16.2. The summed E-state index contributed by atoms with van der Waals surface area (Å²) >= 11 is 0. The molecule has 6 nitrogen and oxygen atoms in total. The summed E-state index contributed by atoms with van der Waals surface area (Å²) in [6.45, 7) is 4.98. The second kappa shape index (κ2) is 6.36. The monoisotopic (exact) mass is 276 g/mol. The second-order valence-electron chi connectivity index (χ2n) is 5.22. The lowest BCUT2D eigenvalue weighted by atomic mass is 10.2. The van der Waals surface area contributed by atoms with Gasteiger partial charge in [-0.3, -0.25) is 9.78 Å². The summed E-state index contributed by atoms with van der Waals surface area (Å²) in [5.41, 5.74) is 0.987. The number of hydrogen-bond donors (Lipinski definition) is 2. The van der Waals surface area contributed by atoms with Crippen molar-refractivity contribution in [1.82, 2.24) is 20.5 Å². The van der Waals surface area contributed by atoms with Crippen LogP contribution in [0, 0.1) is 0 Å². The minimum atomic E-state index is -0.245. The van der Waals surface area contributed by atoms with Crippen LogP contribution in [0.3, 0.4) is 0 Å². The van der Waals surface area contributed by atoms with Gasteiger partial charge in [0.25, 0.3) is 0 Å². The molecule has 0 radical (unpaired) electrons. The van der Waals surface area contributed by atoms with E-state index in [9.17, 15) is 9.59 Å². The van der Waals surface area contributed by atoms with Crippen LogP contribution in [0.4, 0.5) is 4.79 Å². The van der Waals surface area contributed by atoms with Crippen molar-refractivity contribution >= 4 is 11.9 Å². The number of nitrogens with one attached hydrogen (secondary N) is 2. The topological polar surface area (TPSA) is 74.3 Å². The molecule has 0 spiro atoms. The molecule has 0 aliphatic carbocycles. The maximum absolute atomic E-state index is 11.8. The van der Waals surface area contributed by atoms with Gasteiger partial charge in [-0.15, -0.1) is 0 Å². The number of carbonyl (C=O) groups is 2. The Kier molecular flexibility index (Phi) is 4.55. The SMILES string of the molecule is CC(C)N1CC(NC(=O)NCc2ccncc2)CC1=O. The van der Waals surface area contributed by atoms with Gasteiger partial charge in [0.1, 0.15) is 0 Å². The normalized spacial score (nSPS) is 18.4. The Hall–Kier alpha value is -2.11. The lowest BCUT2D eigenvalue weighted by Crippen LogP contribution is -2.43. The Morgan fingerprint density at radius 1 is 1.45 bits per heavy atom. The third-order valence-electron chi connectivity index (χ3n) is 3.32. The molecule has 3 amide bonds. The average Bonchev–Trinajstić information content (AvgIpc) is 2.78. The van der Waals surface area contributed by atoms with Gasteiger partial charge in [-0.2, -0.15) is 0 Å². The number of amides is 3. The van der Waals surface area contributed by atoms with Crippen molar-refractivity contribution in [2.24, 2.45) is 0 Å². The highest BCUT2D eigenvalue weighted by Gasteiger charge is 2.31. The van der Waals surface area contributed by atoms with Crippen molar-refractivity contribution in [3.05, 3.63) is 30.1 Å². The molecule has 2 N–H and O–H groups in total. The number of carbonyl (C=O) groups excluding carboxylic acids is 2. The van der Waals surface area contributed by atoms with E-state index < -0.39 is 0 Å². The van der Waals surface area contributed by atoms with Crippen LogP contribution in [0.1, 0.15) is 25.8 Å². The molecular formula is C14H20N4O2. The fraction of sp³-hybridized carbons (Fsp3) is 0.500. The Morgan fingerprint density at radius 2 is 2.15 bits per heavy atom. The summed E-state index contributed by atoms with van der Waals surface area (Å²) in [6.07, 6.45) is 3.75. The van der Waals surface area contributed by atoms with Crippen LogP contribution in [0.25, 0.3) is 0 Å². The number of pyridine rings is 1. The summed E-state index contributed by atoms with van der Waals surface area (Å²) in [4.78, 5) is 29.2. The smallest absolute Gasteiger partial charge is 0.315 e. The van der Waals surface area contributed by atoms with Crippen LogP contribution in [0.5, 0.6) is 0 Å². The minimum Gasteiger partial charge on any atom is -0.338 e. The van der Waals surface area contributed by atoms with Crippen LogP contribution in [-0.4, -0.2) is 40.5 Å². The minimum absolute atomic E-state index is 0.0967. The van der Waals surface area contributed by atoms with E-state index in [0.717, 1.165) is 5.56 Å². The maximum atomic E-state index is 11.8. The fourth-order valence-corrected chi connectivity index (χ4v) is 2.25. The zero-order valence-corrected chi connectivity index (χ0v) is 11.8. The van der Waals surface area contributed by atoms with Gasteiger partial charge in [0.2, 0.25) is 5.91 Å². The first-order valence-corrected chi connectivity index (χ1v) is 6.79. The summed E-state index contributed by atoms with van der Waals surface area (Å²) in [6, 6.07) is 3.52. The number of aromatic nitrogens is 1. The molecule has 1 aliphatic rings. The predicted octanol–water partition coefficient (Wildman–Crippen LogP) is 0.890. The maximum Gasteiger partial charge on any atom is 0.315 e. The molecule has 1 saturated heterocycles. The number of rotatable bonds is 4. The van der Waals surface area contributed by atoms with E-state index in [1.807, 2.05) is 26.0 Å². The molecular weight excluding hydrogens is 256 g/mol. The summed E-state index contributed by atoms with van der Waals surface area (Å²) in [7, 11) is 0. The molecule has 1 aromatic rings. The molecule has 2 rings (SSSR count). The van der Waals surface area contributed by atoms with E-state index in [1.54, 1.807) is 17.3 Å². The highest BCUT2D eigenvalue weighted by molar-refractivity contribution is 5.81. The van der Waals surface area contributed by atoms with Gasteiger partial charge in [0.15, 0.2) is 0 Å². The fourth-order valence-electron chi connectivity index (χ4n) is 2.25. The van der Waals surface area contributed by atoms with Crippen LogP contribution >= 0.6 is 0 Å². The number of urea groups is 1. The van der Waals surface area contributed by atoms with E-state index in [0.29, 0.717) is 19.5 Å². The molecule has 1 aromatic heterocycles. The summed E-state index contributed by atoms with van der Waals surface area (Å²) < 4.78 is 0. The van der Waals surface area contributed by atoms with Gasteiger partial charge in [0.05, 0.1) is 6.04 Å². The molecule has 108 valence electrons. The molecule has 1 aliphatic heterocycles. The first kappa shape index (κ1) is 14.3. The first-order chi connectivity index (χ1) is 9.56. The third-order valence-corrected chi connectivity index (χ3v) is 3.32. The molecule has 0 aromatic carbocycles. The standard InChI is InChI=1S/C14H20N4O2/c1-10(2)18-9-12(7-13(18)19)17-14(20)16-8-11-3-5-15-6-4-11/h3-6,10,12H,7-9H2,1-2H3,(H2,16,17,20). The van der Waals surface area contributed by atoms with Crippen LogP contribution in [-0.2, 0) is 11.3 Å². The quantitative estimate of drug-likeness (QED) is 0.857. The molecule has 1 fully saturated rings. The number of likely N-dealkylation sites (tertiary alicyclic amines) is 1. The summed E-state index contributed by atoms with van der Waals surface area (Å²) in [5, 5.41) is 5.61. The largest absolute Gasteiger partial charge is 0.338 e. The number of nitrogens with zero attached hydrogens (tertiary/aromatic N) is 2. The molecule has 1 atom stereocenters. The van der Waals surface area contributed by atoms with E-state index in [1.165, 1.54) is 0 Å². The predicted molar refractivity (Wildman–Crippen MR) is 74.9 cm³/mol. The van der Waals surface area contributed by atoms with Crippen molar-refractivity contribution in [3.8, 4) is 0 Å². The van der Waals surface area contributed by atoms with Crippen molar-refractivity contribution in [3.63, 3.8) is 0 Å². The molecule has 1 unspecified atom stereocenters. The zero-order chi connectivity index (χ0) is 14.5. The van der Waals surface area contributed by atoms with Gasteiger partial charge < -0.3 is 15.5 Å². The van der Waals surface area contributed by atoms with Crippen molar-refractivity contribution in [2.45, 2.75) is 38.9 Å². The Balaban J connectivity index is 1.77. The molecule has 0 bridgehead atoms. The van der Waals surface area contributed by atoms with E-state index >= 15 is 0 Å². The first-order valence-electron chi connectivity index (χ1n) is 6.79. The van der Waals surface area contributed by atoms with E-state index in [2.05, 4.69) is 15.6 Å². The lowest BCUT2D eigenvalue weighted by molar-refractivity contribution is -0.129. The van der Waals surface area contributed by atoms with Gasteiger partial charge in [-0.1, -0.05) is 0 Å². The van der Waals surface area contributed by atoms with Gasteiger partial charge >= 0.3 is 6.03 Å². The zero-order valence-electron chi connectivity index (χ0n) is 11.8. The average molecular weight is 276 g/mol. The molecule has 20 heavy (non-hydrogen) atoms. The van der Waals surface area contributed by atoms with Crippen molar-refractivity contribution in [2.75, 3.05) is 6.54 Å². The van der Waals surface area contributed by atoms with Crippen molar-refractivity contribution in [1.29, 1.82) is 0 Å². The highest BCUT2D eigenvalue weighted by Crippen LogP contribution is 2.13. The second-order valence-corrected chi connectivity index (χ2v) is 5.22. The van der Waals surface area contributed by atoms with Crippen LogP contribution < -0.4 is 10.6 Å². The third kappa shape index (κ3) is 3.69. The van der Waals surface area contributed by atoms with Gasteiger partial charge in [-0.25, -0.2) is 4.79 Å². The van der Waals surface area contributed by atoms with Crippen molar-refractivity contribution < 1.29 is 9.59 Å². The molecule has 6 heteroatoms. The Morgan fingerprint density at radius 3 is 2.75 bits per heavy atom. The molecule has 2 heterocycles. The van der Waals surface area contributed by atoms with Crippen LogP contribution in [0.15, 0.2) is 24.5 Å². The Labute approximate surface area is 118 Å². The van der Waals surface area contributed by atoms with Gasteiger partial charge in [0, 0.05) is 37.9 Å². The number of hydrogen-bond acceptors (Lipinski definition) is 3. The summed E-state index contributed by atoms with van der Waals surface area (Å²) in [5.74, 6) is 0.0967.